The van der Waals surface area contributed by atoms with E-state index in [1.807, 2.05) is 24.3 Å². The molecule has 0 saturated carbocycles. The van der Waals surface area contributed by atoms with E-state index in [1.54, 1.807) is 30.5 Å². The van der Waals surface area contributed by atoms with Crippen molar-refractivity contribution in [3.8, 4) is 6.07 Å². The quantitative estimate of drug-likeness (QED) is 0.534. The molecular formula is C23H21FN4O2S. The average molecular weight is 437 g/mol. The molecule has 158 valence electrons. The number of nitriles is 1. The molecule has 0 unspecified atom stereocenters. The second-order valence-corrected chi connectivity index (χ2v) is 7.89. The fourth-order valence-electron chi connectivity index (χ4n) is 2.96. The maximum Gasteiger partial charge on any atom is 0.227 e. The third kappa shape index (κ3) is 6.73. The summed E-state index contributed by atoms with van der Waals surface area (Å²) in [6, 6.07) is 17.4. The molecule has 6 nitrogen and oxygen atoms in total. The van der Waals surface area contributed by atoms with Gasteiger partial charge in [-0.1, -0.05) is 30.3 Å². The van der Waals surface area contributed by atoms with Crippen molar-refractivity contribution in [1.82, 2.24) is 4.98 Å². The standard InChI is InChI=1S/C23H21FN4O2S/c24-18-9-7-17(8-10-18)15-20-16-26-23(31-20)27-21(29)11-12-22(30)28(14-4-13-25)19-5-2-1-3-6-19/h1-3,5-10,16H,4,11-12,14-15H2,(H,26,27,29). The summed E-state index contributed by atoms with van der Waals surface area (Å²) in [5.41, 5.74) is 1.65. The van der Waals surface area contributed by atoms with Gasteiger partial charge in [0.1, 0.15) is 5.82 Å². The zero-order chi connectivity index (χ0) is 22.1. The molecule has 1 N–H and O–H groups in total. The number of para-hydroxylation sites is 1. The first-order valence-corrected chi connectivity index (χ1v) is 10.6. The van der Waals surface area contributed by atoms with Gasteiger partial charge < -0.3 is 10.2 Å². The van der Waals surface area contributed by atoms with Crippen LogP contribution in [0, 0.1) is 17.1 Å². The number of halogens is 1. The Bertz CT molecular complexity index is 1060. The minimum atomic E-state index is -0.302. The number of hydrogen-bond acceptors (Lipinski definition) is 5. The van der Waals surface area contributed by atoms with Crippen molar-refractivity contribution in [3.05, 3.63) is 77.1 Å². The van der Waals surface area contributed by atoms with Crippen LogP contribution in [-0.4, -0.2) is 23.3 Å². The van der Waals surface area contributed by atoms with E-state index in [1.165, 1.54) is 28.4 Å². The second kappa shape index (κ2) is 11.0. The highest BCUT2D eigenvalue weighted by molar-refractivity contribution is 7.15. The minimum absolute atomic E-state index is 0.0155. The predicted octanol–water partition coefficient (Wildman–Crippen LogP) is 4.54. The van der Waals surface area contributed by atoms with Crippen LogP contribution >= 0.6 is 11.3 Å². The molecule has 0 spiro atoms. The van der Waals surface area contributed by atoms with E-state index in [9.17, 15) is 14.0 Å². The average Bonchev–Trinajstić information content (AvgIpc) is 3.21. The Kier molecular flexibility index (Phi) is 7.85. The van der Waals surface area contributed by atoms with E-state index in [2.05, 4.69) is 10.3 Å². The smallest absolute Gasteiger partial charge is 0.227 e. The van der Waals surface area contributed by atoms with Crippen LogP contribution < -0.4 is 10.2 Å². The van der Waals surface area contributed by atoms with Crippen molar-refractivity contribution in [3.63, 3.8) is 0 Å². The molecule has 0 radical (unpaired) electrons. The molecule has 31 heavy (non-hydrogen) atoms. The van der Waals surface area contributed by atoms with Gasteiger partial charge in [-0.15, -0.1) is 11.3 Å². The highest BCUT2D eigenvalue weighted by atomic mass is 32.1. The van der Waals surface area contributed by atoms with Crippen molar-refractivity contribution in [1.29, 1.82) is 5.26 Å². The lowest BCUT2D eigenvalue weighted by Crippen LogP contribution is -2.32. The number of thiazole rings is 1. The van der Waals surface area contributed by atoms with E-state index in [0.717, 1.165) is 10.4 Å². The molecule has 0 fully saturated rings. The van der Waals surface area contributed by atoms with Gasteiger partial charge in [0.2, 0.25) is 11.8 Å². The van der Waals surface area contributed by atoms with Gasteiger partial charge in [-0.2, -0.15) is 5.26 Å². The molecule has 1 heterocycles. The number of nitrogens with zero attached hydrogens (tertiary/aromatic N) is 3. The van der Waals surface area contributed by atoms with Crippen LogP contribution in [0.2, 0.25) is 0 Å². The van der Waals surface area contributed by atoms with E-state index in [-0.39, 0.29) is 43.4 Å². The number of carbonyl (C=O) groups excluding carboxylic acids is 2. The van der Waals surface area contributed by atoms with Crippen LogP contribution in [0.25, 0.3) is 0 Å². The Morgan fingerprint density at radius 3 is 2.55 bits per heavy atom. The number of benzene rings is 2. The summed E-state index contributed by atoms with van der Waals surface area (Å²) >= 11 is 1.34. The number of rotatable bonds is 9. The van der Waals surface area contributed by atoms with Crippen molar-refractivity contribution in [2.24, 2.45) is 0 Å². The van der Waals surface area contributed by atoms with E-state index < -0.39 is 0 Å². The first-order valence-electron chi connectivity index (χ1n) is 9.76. The molecule has 8 heteroatoms. The molecule has 0 aliphatic rings. The van der Waals surface area contributed by atoms with E-state index in [4.69, 9.17) is 5.26 Å². The summed E-state index contributed by atoms with van der Waals surface area (Å²) in [5.74, 6) is -0.800. The fraction of sp³-hybridized carbons (Fsp3) is 0.217. The number of anilines is 2. The Labute approximate surface area is 184 Å². The van der Waals surface area contributed by atoms with Gasteiger partial charge in [0.05, 0.1) is 12.5 Å². The first kappa shape index (κ1) is 22.1. The van der Waals surface area contributed by atoms with Crippen LogP contribution in [0.3, 0.4) is 0 Å². The number of nitrogens with one attached hydrogen (secondary N) is 1. The van der Waals surface area contributed by atoms with Crippen LogP contribution in [-0.2, 0) is 16.0 Å². The van der Waals surface area contributed by atoms with Crippen molar-refractivity contribution < 1.29 is 14.0 Å². The molecule has 3 rings (SSSR count). The molecule has 1 aromatic heterocycles. The maximum atomic E-state index is 13.0. The largest absolute Gasteiger partial charge is 0.311 e. The molecule has 0 aliphatic heterocycles. The molecule has 0 bridgehead atoms. The molecule has 2 aromatic carbocycles. The van der Waals surface area contributed by atoms with E-state index >= 15 is 0 Å². The molecular weight excluding hydrogens is 415 g/mol. The third-order valence-corrected chi connectivity index (χ3v) is 5.39. The molecule has 0 aliphatic carbocycles. The lowest BCUT2D eigenvalue weighted by Gasteiger charge is -2.21. The Balaban J connectivity index is 1.52. The van der Waals surface area contributed by atoms with Crippen molar-refractivity contribution in [2.75, 3.05) is 16.8 Å². The van der Waals surface area contributed by atoms with Crippen LogP contribution in [0.15, 0.2) is 60.8 Å². The van der Waals surface area contributed by atoms with Crippen LogP contribution in [0.5, 0.6) is 0 Å². The van der Waals surface area contributed by atoms with Crippen molar-refractivity contribution in [2.45, 2.75) is 25.7 Å². The van der Waals surface area contributed by atoms with Gasteiger partial charge >= 0.3 is 0 Å². The summed E-state index contributed by atoms with van der Waals surface area (Å²) in [6.07, 6.45) is 2.52. The highest BCUT2D eigenvalue weighted by Gasteiger charge is 2.17. The molecule has 0 saturated heterocycles. The molecule has 2 amide bonds. The summed E-state index contributed by atoms with van der Waals surface area (Å²) in [5, 5.41) is 12.0. The minimum Gasteiger partial charge on any atom is -0.311 e. The zero-order valence-electron chi connectivity index (χ0n) is 16.8. The number of hydrogen-bond donors (Lipinski definition) is 1. The molecule has 0 atom stereocenters. The van der Waals surface area contributed by atoms with Crippen molar-refractivity contribution >= 4 is 34.0 Å². The Morgan fingerprint density at radius 2 is 1.84 bits per heavy atom. The maximum absolute atomic E-state index is 13.0. The summed E-state index contributed by atoms with van der Waals surface area (Å²) < 4.78 is 13.0. The summed E-state index contributed by atoms with van der Waals surface area (Å²) in [4.78, 5) is 31.6. The van der Waals surface area contributed by atoms with Gasteiger partial charge in [-0.3, -0.25) is 9.59 Å². The Hall–Kier alpha value is -3.57. The first-order chi connectivity index (χ1) is 15.0. The van der Waals surface area contributed by atoms with Gasteiger partial charge in [-0.25, -0.2) is 9.37 Å². The number of amides is 2. The summed E-state index contributed by atoms with van der Waals surface area (Å²) in [6.45, 7) is 0.278. The van der Waals surface area contributed by atoms with Gasteiger partial charge in [0.25, 0.3) is 0 Å². The summed E-state index contributed by atoms with van der Waals surface area (Å²) in [7, 11) is 0. The number of carbonyl (C=O) groups is 2. The van der Waals surface area contributed by atoms with Gasteiger partial charge in [0.15, 0.2) is 5.13 Å². The van der Waals surface area contributed by atoms with Crippen LogP contribution in [0.1, 0.15) is 29.7 Å². The van der Waals surface area contributed by atoms with Crippen LogP contribution in [0.4, 0.5) is 15.2 Å². The predicted molar refractivity (Wildman–Crippen MR) is 118 cm³/mol. The lowest BCUT2D eigenvalue weighted by atomic mass is 10.1. The zero-order valence-corrected chi connectivity index (χ0v) is 17.6. The fourth-order valence-corrected chi connectivity index (χ4v) is 3.82. The third-order valence-electron chi connectivity index (χ3n) is 4.47. The van der Waals surface area contributed by atoms with Gasteiger partial charge in [0, 0.05) is 42.6 Å². The lowest BCUT2D eigenvalue weighted by molar-refractivity contribution is -0.122. The SMILES string of the molecule is N#CCCN(C(=O)CCC(=O)Nc1ncc(Cc2ccc(F)cc2)s1)c1ccccc1. The molecule has 3 aromatic rings. The highest BCUT2D eigenvalue weighted by Crippen LogP contribution is 2.22. The number of aromatic nitrogens is 1. The normalized spacial score (nSPS) is 10.3. The second-order valence-electron chi connectivity index (χ2n) is 6.77. The topological polar surface area (TPSA) is 86.1 Å². The van der Waals surface area contributed by atoms with Gasteiger partial charge in [-0.05, 0) is 29.8 Å². The monoisotopic (exact) mass is 436 g/mol. The van der Waals surface area contributed by atoms with E-state index in [0.29, 0.717) is 17.2 Å². The Morgan fingerprint density at radius 1 is 1.10 bits per heavy atom.